The SMILES string of the molecule is CC(CCN(C(=O)c1ccc(Cl)cc1)c1ccccc1NC(=O)OC(C)(C)C)CC(=O)NC1CCCCC1. The Bertz CT molecular complexity index is 1090. The number of para-hydroxylation sites is 2. The number of carbonyl (C=O) groups is 3. The summed E-state index contributed by atoms with van der Waals surface area (Å²) in [7, 11) is 0. The normalized spacial score (nSPS) is 14.9. The van der Waals surface area contributed by atoms with Crippen LogP contribution in [0.2, 0.25) is 5.02 Å². The van der Waals surface area contributed by atoms with Crippen LogP contribution in [0.4, 0.5) is 16.2 Å². The summed E-state index contributed by atoms with van der Waals surface area (Å²) in [5.74, 6) is -0.101. The molecule has 1 unspecified atom stereocenters. The number of hydrogen-bond donors (Lipinski definition) is 2. The highest BCUT2D eigenvalue weighted by Crippen LogP contribution is 2.29. The van der Waals surface area contributed by atoms with Gasteiger partial charge in [0.05, 0.1) is 11.4 Å². The molecule has 0 spiro atoms. The summed E-state index contributed by atoms with van der Waals surface area (Å²) in [4.78, 5) is 40.5. The van der Waals surface area contributed by atoms with Crippen LogP contribution in [0, 0.1) is 5.92 Å². The van der Waals surface area contributed by atoms with Gasteiger partial charge < -0.3 is 15.0 Å². The van der Waals surface area contributed by atoms with E-state index in [1.165, 1.54) is 19.3 Å². The van der Waals surface area contributed by atoms with Crippen molar-refractivity contribution in [1.29, 1.82) is 0 Å². The van der Waals surface area contributed by atoms with Crippen LogP contribution in [0.5, 0.6) is 0 Å². The molecule has 206 valence electrons. The van der Waals surface area contributed by atoms with Gasteiger partial charge in [-0.05, 0) is 82.3 Å². The molecule has 0 radical (unpaired) electrons. The number of nitrogens with zero attached hydrogens (tertiary/aromatic N) is 1. The summed E-state index contributed by atoms with van der Waals surface area (Å²) in [6, 6.07) is 14.1. The van der Waals surface area contributed by atoms with Crippen LogP contribution in [-0.2, 0) is 9.53 Å². The van der Waals surface area contributed by atoms with Crippen LogP contribution in [0.1, 0.15) is 83.0 Å². The van der Waals surface area contributed by atoms with Crippen molar-refractivity contribution in [3.05, 3.63) is 59.1 Å². The van der Waals surface area contributed by atoms with Gasteiger partial charge in [0.1, 0.15) is 5.60 Å². The Balaban J connectivity index is 1.76. The fraction of sp³-hybridized carbons (Fsp3) is 0.500. The molecule has 0 bridgehead atoms. The van der Waals surface area contributed by atoms with Crippen molar-refractivity contribution in [2.24, 2.45) is 5.92 Å². The Morgan fingerprint density at radius 1 is 1.03 bits per heavy atom. The maximum atomic E-state index is 13.7. The third kappa shape index (κ3) is 9.35. The second kappa shape index (κ2) is 13.7. The summed E-state index contributed by atoms with van der Waals surface area (Å²) in [6.07, 6.45) is 6.07. The monoisotopic (exact) mass is 541 g/mol. The highest BCUT2D eigenvalue weighted by Gasteiger charge is 2.24. The van der Waals surface area contributed by atoms with Crippen LogP contribution in [0.15, 0.2) is 48.5 Å². The Morgan fingerprint density at radius 2 is 1.68 bits per heavy atom. The maximum Gasteiger partial charge on any atom is 0.412 e. The molecule has 0 saturated heterocycles. The topological polar surface area (TPSA) is 87.7 Å². The second-order valence-electron chi connectivity index (χ2n) is 11.1. The molecule has 1 aliphatic rings. The van der Waals surface area contributed by atoms with Crippen molar-refractivity contribution < 1.29 is 19.1 Å². The first-order valence-electron chi connectivity index (χ1n) is 13.5. The van der Waals surface area contributed by atoms with E-state index in [-0.39, 0.29) is 23.8 Å². The summed E-state index contributed by atoms with van der Waals surface area (Å²) in [5, 5.41) is 6.51. The van der Waals surface area contributed by atoms with Crippen molar-refractivity contribution in [1.82, 2.24) is 5.32 Å². The van der Waals surface area contributed by atoms with Gasteiger partial charge in [0.2, 0.25) is 5.91 Å². The Labute approximate surface area is 231 Å². The van der Waals surface area contributed by atoms with Gasteiger partial charge in [-0.1, -0.05) is 49.9 Å². The van der Waals surface area contributed by atoms with Crippen LogP contribution < -0.4 is 15.5 Å². The number of nitrogens with one attached hydrogen (secondary N) is 2. The van der Waals surface area contributed by atoms with Crippen LogP contribution >= 0.6 is 11.6 Å². The lowest BCUT2D eigenvalue weighted by Crippen LogP contribution is -2.37. The number of halogens is 1. The highest BCUT2D eigenvalue weighted by molar-refractivity contribution is 6.30. The van der Waals surface area contributed by atoms with Gasteiger partial charge in [-0.25, -0.2) is 4.79 Å². The molecule has 1 atom stereocenters. The number of hydrogen-bond acceptors (Lipinski definition) is 4. The summed E-state index contributed by atoms with van der Waals surface area (Å²) < 4.78 is 5.43. The molecular formula is C30H40ClN3O4. The molecule has 1 aliphatic carbocycles. The van der Waals surface area contributed by atoms with Gasteiger partial charge in [0.25, 0.3) is 5.91 Å². The Hall–Kier alpha value is -3.06. The van der Waals surface area contributed by atoms with E-state index >= 15 is 0 Å². The molecule has 3 amide bonds. The molecule has 3 rings (SSSR count). The molecular weight excluding hydrogens is 502 g/mol. The third-order valence-corrected chi connectivity index (χ3v) is 6.77. The summed E-state index contributed by atoms with van der Waals surface area (Å²) in [5.41, 5.74) is 0.832. The fourth-order valence-electron chi connectivity index (χ4n) is 4.61. The maximum absolute atomic E-state index is 13.7. The lowest BCUT2D eigenvalue weighted by atomic mass is 9.95. The van der Waals surface area contributed by atoms with Crippen molar-refractivity contribution >= 4 is 40.9 Å². The van der Waals surface area contributed by atoms with E-state index in [1.807, 2.05) is 13.0 Å². The van der Waals surface area contributed by atoms with Crippen molar-refractivity contribution in [2.75, 3.05) is 16.8 Å². The van der Waals surface area contributed by atoms with Crippen LogP contribution in [0.25, 0.3) is 0 Å². The molecule has 0 heterocycles. The van der Waals surface area contributed by atoms with Crippen molar-refractivity contribution in [3.8, 4) is 0 Å². The average Bonchev–Trinajstić information content (AvgIpc) is 2.84. The van der Waals surface area contributed by atoms with E-state index < -0.39 is 11.7 Å². The molecule has 1 saturated carbocycles. The second-order valence-corrected chi connectivity index (χ2v) is 11.5. The third-order valence-electron chi connectivity index (χ3n) is 6.52. The van der Waals surface area contributed by atoms with Crippen LogP contribution in [-0.4, -0.2) is 36.1 Å². The molecule has 2 aromatic carbocycles. The van der Waals surface area contributed by atoms with Gasteiger partial charge >= 0.3 is 6.09 Å². The number of benzene rings is 2. The zero-order chi connectivity index (χ0) is 27.7. The summed E-state index contributed by atoms with van der Waals surface area (Å²) >= 11 is 6.04. The van der Waals surface area contributed by atoms with E-state index in [0.29, 0.717) is 41.3 Å². The first-order chi connectivity index (χ1) is 18.0. The minimum Gasteiger partial charge on any atom is -0.444 e. The Kier molecular flexibility index (Phi) is 10.6. The first kappa shape index (κ1) is 29.5. The molecule has 8 heteroatoms. The van der Waals surface area contributed by atoms with Crippen molar-refractivity contribution in [2.45, 2.75) is 84.3 Å². The zero-order valence-corrected chi connectivity index (χ0v) is 23.6. The standard InChI is InChI=1S/C30H40ClN3O4/c1-21(20-27(35)32-24-10-6-5-7-11-24)18-19-34(28(36)22-14-16-23(31)17-15-22)26-13-9-8-12-25(26)33-29(37)38-30(2,3)4/h8-9,12-17,21,24H,5-7,10-11,18-20H2,1-4H3,(H,32,35)(H,33,37). The fourth-order valence-corrected chi connectivity index (χ4v) is 4.74. The van der Waals surface area contributed by atoms with Gasteiger partial charge in [-0.2, -0.15) is 0 Å². The Morgan fingerprint density at radius 3 is 2.34 bits per heavy atom. The van der Waals surface area contributed by atoms with Gasteiger partial charge in [-0.3, -0.25) is 14.9 Å². The molecule has 2 aromatic rings. The molecule has 1 fully saturated rings. The average molecular weight is 542 g/mol. The molecule has 2 N–H and O–H groups in total. The lowest BCUT2D eigenvalue weighted by Gasteiger charge is -2.28. The number of amides is 3. The largest absolute Gasteiger partial charge is 0.444 e. The van der Waals surface area contributed by atoms with E-state index in [9.17, 15) is 14.4 Å². The number of ether oxygens (including phenoxy) is 1. The van der Waals surface area contributed by atoms with Gasteiger partial charge in [0, 0.05) is 29.6 Å². The molecule has 0 aromatic heterocycles. The lowest BCUT2D eigenvalue weighted by molar-refractivity contribution is -0.122. The minimum absolute atomic E-state index is 0.0603. The van der Waals surface area contributed by atoms with Crippen molar-refractivity contribution in [3.63, 3.8) is 0 Å². The molecule has 7 nitrogen and oxygen atoms in total. The molecule has 38 heavy (non-hydrogen) atoms. The highest BCUT2D eigenvalue weighted by atomic mass is 35.5. The van der Waals surface area contributed by atoms with Crippen LogP contribution in [0.3, 0.4) is 0 Å². The number of carbonyl (C=O) groups excluding carboxylic acids is 3. The zero-order valence-electron chi connectivity index (χ0n) is 22.9. The smallest absolute Gasteiger partial charge is 0.412 e. The van der Waals surface area contributed by atoms with Gasteiger partial charge in [0.15, 0.2) is 0 Å². The van der Waals surface area contributed by atoms with Gasteiger partial charge in [-0.15, -0.1) is 0 Å². The predicted molar refractivity (Wildman–Crippen MR) is 153 cm³/mol. The summed E-state index contributed by atoms with van der Waals surface area (Å²) in [6.45, 7) is 7.77. The molecule has 0 aliphatic heterocycles. The minimum atomic E-state index is -0.661. The quantitative estimate of drug-likeness (QED) is 0.351. The van der Waals surface area contributed by atoms with E-state index in [1.54, 1.807) is 68.1 Å². The predicted octanol–water partition coefficient (Wildman–Crippen LogP) is 7.20. The first-order valence-corrected chi connectivity index (χ1v) is 13.9. The number of anilines is 2. The van der Waals surface area contributed by atoms with E-state index in [0.717, 1.165) is 12.8 Å². The van der Waals surface area contributed by atoms with E-state index in [2.05, 4.69) is 10.6 Å². The number of rotatable bonds is 9. The van der Waals surface area contributed by atoms with E-state index in [4.69, 9.17) is 16.3 Å².